The van der Waals surface area contributed by atoms with E-state index in [-0.39, 0.29) is 5.91 Å². The van der Waals surface area contributed by atoms with E-state index in [2.05, 4.69) is 10.5 Å². The van der Waals surface area contributed by atoms with Gasteiger partial charge in [0.05, 0.1) is 17.1 Å². The molecule has 4 aromatic rings. The maximum absolute atomic E-state index is 12.6. The molecule has 6 heteroatoms. The number of nitrogens with zero attached hydrogens (tertiary/aromatic N) is 3. The van der Waals surface area contributed by atoms with Crippen molar-refractivity contribution in [1.29, 1.82) is 0 Å². The summed E-state index contributed by atoms with van der Waals surface area (Å²) in [5.41, 5.74) is 4.79. The molecule has 6 nitrogen and oxygen atoms in total. The Morgan fingerprint density at radius 3 is 2.36 bits per heavy atom. The second-order valence-corrected chi connectivity index (χ2v) is 6.53. The number of carbonyl (C=O) groups excluding carboxylic acids is 1. The molecule has 0 spiro atoms. The molecular weight excluding hydrogens is 352 g/mol. The van der Waals surface area contributed by atoms with Crippen LogP contribution < -0.4 is 5.32 Å². The van der Waals surface area contributed by atoms with Crippen molar-refractivity contribution >= 4 is 5.91 Å². The van der Waals surface area contributed by atoms with Gasteiger partial charge >= 0.3 is 0 Å². The van der Waals surface area contributed by atoms with E-state index in [0.717, 1.165) is 22.5 Å². The monoisotopic (exact) mass is 372 g/mol. The molecule has 0 aliphatic rings. The summed E-state index contributed by atoms with van der Waals surface area (Å²) in [6, 6.07) is 19.8. The molecule has 0 atom stereocenters. The summed E-state index contributed by atoms with van der Waals surface area (Å²) in [4.78, 5) is 12.6. The summed E-state index contributed by atoms with van der Waals surface area (Å²) in [6.07, 6.45) is 1.95. The maximum atomic E-state index is 12.6. The Morgan fingerprint density at radius 1 is 1.04 bits per heavy atom. The zero-order valence-corrected chi connectivity index (χ0v) is 15.7. The summed E-state index contributed by atoms with van der Waals surface area (Å²) in [5.74, 6) is 0.306. The number of para-hydroxylation sites is 1. The van der Waals surface area contributed by atoms with Crippen molar-refractivity contribution in [2.75, 3.05) is 0 Å². The zero-order valence-electron chi connectivity index (χ0n) is 15.7. The van der Waals surface area contributed by atoms with Gasteiger partial charge in [-0.15, -0.1) is 0 Å². The molecule has 0 bridgehead atoms. The minimum absolute atomic E-state index is 0.206. The van der Waals surface area contributed by atoms with Crippen LogP contribution in [0.1, 0.15) is 27.4 Å². The molecule has 2 heterocycles. The number of nitrogens with one attached hydrogen (secondary N) is 1. The van der Waals surface area contributed by atoms with Crippen LogP contribution >= 0.6 is 0 Å². The standard InChI is InChI=1S/C22H20N4O2/c1-15-20(16(2)28-25-15)22(27)23-13-18-14-26(19-11-7-4-8-12-19)24-21(18)17-9-5-3-6-10-17/h3-12,14H,13H2,1-2H3,(H,23,27). The first-order chi connectivity index (χ1) is 13.6. The topological polar surface area (TPSA) is 73.0 Å². The van der Waals surface area contributed by atoms with Crippen LogP contribution in [-0.4, -0.2) is 20.8 Å². The highest BCUT2D eigenvalue weighted by atomic mass is 16.5. The van der Waals surface area contributed by atoms with Crippen molar-refractivity contribution in [3.63, 3.8) is 0 Å². The fourth-order valence-electron chi connectivity index (χ4n) is 3.16. The average Bonchev–Trinajstić information content (AvgIpc) is 3.31. The Morgan fingerprint density at radius 2 is 1.71 bits per heavy atom. The maximum Gasteiger partial charge on any atom is 0.257 e. The Balaban J connectivity index is 1.65. The molecule has 0 fully saturated rings. The molecule has 0 unspecified atom stereocenters. The molecule has 1 amide bonds. The lowest BCUT2D eigenvalue weighted by Gasteiger charge is -2.05. The van der Waals surface area contributed by atoms with Gasteiger partial charge in [-0.2, -0.15) is 5.10 Å². The van der Waals surface area contributed by atoms with Crippen molar-refractivity contribution < 1.29 is 9.32 Å². The van der Waals surface area contributed by atoms with E-state index in [0.29, 0.717) is 23.6 Å². The molecule has 0 aliphatic heterocycles. The van der Waals surface area contributed by atoms with Gasteiger partial charge in [0, 0.05) is 23.9 Å². The predicted molar refractivity (Wildman–Crippen MR) is 106 cm³/mol. The van der Waals surface area contributed by atoms with Gasteiger partial charge in [0.1, 0.15) is 11.3 Å². The third kappa shape index (κ3) is 3.44. The number of carbonyl (C=O) groups is 1. The lowest BCUT2D eigenvalue weighted by molar-refractivity contribution is 0.0949. The predicted octanol–water partition coefficient (Wildman–Crippen LogP) is 4.07. The Labute approximate surface area is 162 Å². The lowest BCUT2D eigenvalue weighted by atomic mass is 10.1. The second kappa shape index (κ2) is 7.52. The first kappa shape index (κ1) is 17.7. The molecule has 1 N–H and O–H groups in total. The van der Waals surface area contributed by atoms with Crippen LogP contribution in [0.15, 0.2) is 71.4 Å². The average molecular weight is 372 g/mol. The van der Waals surface area contributed by atoms with Crippen LogP contribution in [0.4, 0.5) is 0 Å². The van der Waals surface area contributed by atoms with Crippen LogP contribution in [0, 0.1) is 13.8 Å². The van der Waals surface area contributed by atoms with Crippen LogP contribution in [-0.2, 0) is 6.54 Å². The Bertz CT molecular complexity index is 1080. The summed E-state index contributed by atoms with van der Waals surface area (Å²) in [6.45, 7) is 3.84. The quantitative estimate of drug-likeness (QED) is 0.573. The molecule has 0 aliphatic carbocycles. The summed E-state index contributed by atoms with van der Waals surface area (Å²) in [5, 5.41) is 11.6. The molecule has 0 radical (unpaired) electrons. The third-order valence-electron chi connectivity index (χ3n) is 4.56. The minimum atomic E-state index is -0.206. The first-order valence-electron chi connectivity index (χ1n) is 9.04. The molecule has 28 heavy (non-hydrogen) atoms. The lowest BCUT2D eigenvalue weighted by Crippen LogP contribution is -2.23. The smallest absolute Gasteiger partial charge is 0.257 e. The number of amides is 1. The molecular formula is C22H20N4O2. The molecule has 0 saturated heterocycles. The van der Waals surface area contributed by atoms with Gasteiger partial charge < -0.3 is 9.84 Å². The number of hydrogen-bond acceptors (Lipinski definition) is 4. The van der Waals surface area contributed by atoms with Gasteiger partial charge in [-0.25, -0.2) is 4.68 Å². The second-order valence-electron chi connectivity index (χ2n) is 6.53. The van der Waals surface area contributed by atoms with Crippen molar-refractivity contribution in [2.24, 2.45) is 0 Å². The summed E-state index contributed by atoms with van der Waals surface area (Å²) in [7, 11) is 0. The highest BCUT2D eigenvalue weighted by Gasteiger charge is 2.19. The van der Waals surface area contributed by atoms with Gasteiger partial charge in [0.25, 0.3) is 5.91 Å². The Kier molecular flexibility index (Phi) is 4.76. The molecule has 2 aromatic heterocycles. The molecule has 140 valence electrons. The largest absolute Gasteiger partial charge is 0.361 e. The Hall–Kier alpha value is -3.67. The fraction of sp³-hybridized carbons (Fsp3) is 0.136. The summed E-state index contributed by atoms with van der Waals surface area (Å²) >= 11 is 0. The van der Waals surface area contributed by atoms with Gasteiger partial charge in [0.15, 0.2) is 0 Å². The highest BCUT2D eigenvalue weighted by molar-refractivity contribution is 5.96. The van der Waals surface area contributed by atoms with Gasteiger partial charge in [0.2, 0.25) is 0 Å². The van der Waals surface area contributed by atoms with Crippen LogP contribution in [0.2, 0.25) is 0 Å². The van der Waals surface area contributed by atoms with Crippen molar-refractivity contribution in [3.05, 3.63) is 89.4 Å². The zero-order chi connectivity index (χ0) is 19.5. The first-order valence-corrected chi connectivity index (χ1v) is 9.04. The molecule has 2 aromatic carbocycles. The number of aromatic nitrogens is 3. The van der Waals surface area contributed by atoms with Crippen LogP contribution in [0.25, 0.3) is 16.9 Å². The third-order valence-corrected chi connectivity index (χ3v) is 4.56. The van der Waals surface area contributed by atoms with Gasteiger partial charge in [-0.3, -0.25) is 4.79 Å². The van der Waals surface area contributed by atoms with Crippen molar-refractivity contribution in [1.82, 2.24) is 20.3 Å². The number of aryl methyl sites for hydroxylation is 2. The number of hydrogen-bond donors (Lipinski definition) is 1. The minimum Gasteiger partial charge on any atom is -0.361 e. The molecule has 4 rings (SSSR count). The van der Waals surface area contributed by atoms with E-state index in [1.54, 1.807) is 13.8 Å². The van der Waals surface area contributed by atoms with Crippen molar-refractivity contribution in [3.8, 4) is 16.9 Å². The highest BCUT2D eigenvalue weighted by Crippen LogP contribution is 2.24. The SMILES string of the molecule is Cc1noc(C)c1C(=O)NCc1cn(-c2ccccc2)nc1-c1ccccc1. The number of rotatable bonds is 5. The van der Waals surface area contributed by atoms with E-state index < -0.39 is 0 Å². The van der Waals surface area contributed by atoms with Crippen LogP contribution in [0.5, 0.6) is 0 Å². The van der Waals surface area contributed by atoms with Crippen molar-refractivity contribution in [2.45, 2.75) is 20.4 Å². The van der Waals surface area contributed by atoms with Crippen LogP contribution in [0.3, 0.4) is 0 Å². The number of benzene rings is 2. The summed E-state index contributed by atoms with van der Waals surface area (Å²) < 4.78 is 6.93. The molecule has 0 saturated carbocycles. The van der Waals surface area contributed by atoms with E-state index in [1.807, 2.05) is 71.5 Å². The van der Waals surface area contributed by atoms with E-state index in [9.17, 15) is 4.79 Å². The van der Waals surface area contributed by atoms with Gasteiger partial charge in [-0.1, -0.05) is 53.7 Å². The van der Waals surface area contributed by atoms with E-state index >= 15 is 0 Å². The van der Waals surface area contributed by atoms with E-state index in [4.69, 9.17) is 9.62 Å². The van der Waals surface area contributed by atoms with Gasteiger partial charge in [-0.05, 0) is 26.0 Å². The fourth-order valence-corrected chi connectivity index (χ4v) is 3.16. The van der Waals surface area contributed by atoms with E-state index in [1.165, 1.54) is 0 Å². The normalized spacial score (nSPS) is 10.8.